The molecule has 112 valence electrons. The number of carbonyl (C=O) groups is 1. The molecular weight excluding hydrogens is 296 g/mol. The standard InChI is InChI=1S/C14H21ClN2O2S/c15-13-5-4-12(20-13)11-17-9-7-16(8-10-17)6-2-1-3-14(18)19/h4-5H,1-3,6-11H2,(H,18,19). The second kappa shape index (κ2) is 7.98. The Bertz CT molecular complexity index is 431. The van der Waals surface area contributed by atoms with Gasteiger partial charge in [0.2, 0.25) is 0 Å². The lowest BCUT2D eigenvalue weighted by molar-refractivity contribution is -0.137. The molecule has 4 nitrogen and oxygen atoms in total. The summed E-state index contributed by atoms with van der Waals surface area (Å²) in [4.78, 5) is 16.6. The molecule has 2 heterocycles. The van der Waals surface area contributed by atoms with Crippen LogP contribution in [-0.2, 0) is 11.3 Å². The van der Waals surface area contributed by atoms with Gasteiger partial charge in [0, 0.05) is 44.0 Å². The first-order valence-corrected chi connectivity index (χ1v) is 8.23. The third-order valence-corrected chi connectivity index (χ3v) is 4.80. The third kappa shape index (κ3) is 5.40. The molecule has 0 spiro atoms. The molecule has 1 aliphatic heterocycles. The van der Waals surface area contributed by atoms with Crippen LogP contribution in [0, 0.1) is 0 Å². The summed E-state index contributed by atoms with van der Waals surface area (Å²) in [5.74, 6) is -0.690. The van der Waals surface area contributed by atoms with Crippen LogP contribution in [0.5, 0.6) is 0 Å². The molecular formula is C14H21ClN2O2S. The van der Waals surface area contributed by atoms with E-state index in [2.05, 4.69) is 15.9 Å². The van der Waals surface area contributed by atoms with E-state index in [9.17, 15) is 4.79 Å². The van der Waals surface area contributed by atoms with Crippen LogP contribution in [0.4, 0.5) is 0 Å². The van der Waals surface area contributed by atoms with Gasteiger partial charge in [-0.2, -0.15) is 0 Å². The summed E-state index contributed by atoms with van der Waals surface area (Å²) >= 11 is 7.60. The first-order valence-electron chi connectivity index (χ1n) is 7.04. The Kier molecular flexibility index (Phi) is 6.29. The van der Waals surface area contributed by atoms with Crippen LogP contribution in [0.3, 0.4) is 0 Å². The molecule has 0 saturated carbocycles. The second-order valence-electron chi connectivity index (χ2n) is 5.17. The zero-order valence-corrected chi connectivity index (χ0v) is 13.1. The Morgan fingerprint density at radius 1 is 1.20 bits per heavy atom. The van der Waals surface area contributed by atoms with Gasteiger partial charge in [-0.25, -0.2) is 0 Å². The summed E-state index contributed by atoms with van der Waals surface area (Å²) in [5.41, 5.74) is 0. The van der Waals surface area contributed by atoms with Gasteiger partial charge >= 0.3 is 5.97 Å². The molecule has 0 radical (unpaired) electrons. The number of carboxylic acids is 1. The Morgan fingerprint density at radius 3 is 2.50 bits per heavy atom. The highest BCUT2D eigenvalue weighted by Crippen LogP contribution is 2.23. The number of rotatable bonds is 7. The molecule has 6 heteroatoms. The largest absolute Gasteiger partial charge is 0.481 e. The highest BCUT2D eigenvalue weighted by atomic mass is 35.5. The highest BCUT2D eigenvalue weighted by Gasteiger charge is 2.17. The second-order valence-corrected chi connectivity index (χ2v) is 6.97. The van der Waals surface area contributed by atoms with E-state index in [4.69, 9.17) is 16.7 Å². The topological polar surface area (TPSA) is 43.8 Å². The van der Waals surface area contributed by atoms with Gasteiger partial charge in [-0.1, -0.05) is 11.6 Å². The first kappa shape index (κ1) is 15.8. The van der Waals surface area contributed by atoms with Crippen LogP contribution in [0.15, 0.2) is 12.1 Å². The maximum atomic E-state index is 10.4. The van der Waals surface area contributed by atoms with Gasteiger partial charge in [-0.15, -0.1) is 11.3 Å². The van der Waals surface area contributed by atoms with Crippen LogP contribution >= 0.6 is 22.9 Å². The molecule has 0 unspecified atom stereocenters. The Morgan fingerprint density at radius 2 is 1.90 bits per heavy atom. The van der Waals surface area contributed by atoms with E-state index in [1.165, 1.54) is 4.88 Å². The van der Waals surface area contributed by atoms with E-state index in [1.807, 2.05) is 6.07 Å². The fraction of sp³-hybridized carbons (Fsp3) is 0.643. The van der Waals surface area contributed by atoms with Crippen LogP contribution in [-0.4, -0.2) is 53.6 Å². The molecule has 0 amide bonds. The monoisotopic (exact) mass is 316 g/mol. The fourth-order valence-electron chi connectivity index (χ4n) is 2.44. The van der Waals surface area contributed by atoms with Crippen molar-refractivity contribution in [1.29, 1.82) is 0 Å². The van der Waals surface area contributed by atoms with Crippen molar-refractivity contribution < 1.29 is 9.90 Å². The van der Waals surface area contributed by atoms with Crippen LogP contribution in [0.2, 0.25) is 4.34 Å². The van der Waals surface area contributed by atoms with Crippen LogP contribution < -0.4 is 0 Å². The lowest BCUT2D eigenvalue weighted by Crippen LogP contribution is -2.45. The number of carboxylic acid groups (broad SMARTS) is 1. The summed E-state index contributed by atoms with van der Waals surface area (Å²) in [7, 11) is 0. The lowest BCUT2D eigenvalue weighted by Gasteiger charge is -2.34. The zero-order chi connectivity index (χ0) is 14.4. The average Bonchev–Trinajstić information content (AvgIpc) is 2.82. The number of halogens is 1. The van der Waals surface area contributed by atoms with E-state index in [0.717, 1.165) is 56.4 Å². The van der Waals surface area contributed by atoms with Crippen LogP contribution in [0.25, 0.3) is 0 Å². The van der Waals surface area contributed by atoms with Gasteiger partial charge in [0.25, 0.3) is 0 Å². The average molecular weight is 317 g/mol. The maximum absolute atomic E-state index is 10.4. The van der Waals surface area contributed by atoms with Crippen molar-refractivity contribution in [1.82, 2.24) is 9.80 Å². The number of nitrogens with zero attached hydrogens (tertiary/aromatic N) is 2. The van der Waals surface area contributed by atoms with Crippen molar-refractivity contribution in [3.63, 3.8) is 0 Å². The molecule has 0 atom stereocenters. The molecule has 0 aliphatic carbocycles. The Hall–Kier alpha value is -0.620. The van der Waals surface area contributed by atoms with E-state index in [-0.39, 0.29) is 0 Å². The summed E-state index contributed by atoms with van der Waals surface area (Å²) in [6.45, 7) is 6.32. The van der Waals surface area contributed by atoms with Gasteiger partial charge in [0.1, 0.15) is 0 Å². The van der Waals surface area contributed by atoms with Crippen molar-refractivity contribution in [2.24, 2.45) is 0 Å². The molecule has 1 aliphatic rings. The molecule has 1 aromatic heterocycles. The molecule has 20 heavy (non-hydrogen) atoms. The predicted molar refractivity (Wildman–Crippen MR) is 82.5 cm³/mol. The summed E-state index contributed by atoms with van der Waals surface area (Å²) in [6, 6.07) is 4.06. The minimum Gasteiger partial charge on any atom is -0.481 e. The summed E-state index contributed by atoms with van der Waals surface area (Å²) in [6.07, 6.45) is 2.05. The summed E-state index contributed by atoms with van der Waals surface area (Å²) < 4.78 is 0.858. The van der Waals surface area contributed by atoms with Gasteiger partial charge in [-0.3, -0.25) is 9.69 Å². The van der Waals surface area contributed by atoms with Crippen LogP contribution in [0.1, 0.15) is 24.1 Å². The van der Waals surface area contributed by atoms with Crippen molar-refractivity contribution in [3.8, 4) is 0 Å². The quantitative estimate of drug-likeness (QED) is 0.786. The number of piperazine rings is 1. The zero-order valence-electron chi connectivity index (χ0n) is 11.6. The molecule has 1 aromatic rings. The number of hydrogen-bond donors (Lipinski definition) is 1. The van der Waals surface area contributed by atoms with Crippen molar-refractivity contribution >= 4 is 28.9 Å². The maximum Gasteiger partial charge on any atom is 0.303 e. The van der Waals surface area contributed by atoms with Gasteiger partial charge in [0.05, 0.1) is 4.34 Å². The highest BCUT2D eigenvalue weighted by molar-refractivity contribution is 7.16. The minimum atomic E-state index is -0.690. The van der Waals surface area contributed by atoms with Gasteiger partial charge in [0.15, 0.2) is 0 Å². The lowest BCUT2D eigenvalue weighted by atomic mass is 10.2. The molecule has 2 rings (SSSR count). The summed E-state index contributed by atoms with van der Waals surface area (Å²) in [5, 5.41) is 8.60. The van der Waals surface area contributed by atoms with Crippen molar-refractivity contribution in [2.75, 3.05) is 32.7 Å². The number of hydrogen-bond acceptors (Lipinski definition) is 4. The van der Waals surface area contributed by atoms with E-state index >= 15 is 0 Å². The predicted octanol–water partition coefficient (Wildman–Crippen LogP) is 2.77. The SMILES string of the molecule is O=C(O)CCCCN1CCN(Cc2ccc(Cl)s2)CC1. The van der Waals surface area contributed by atoms with E-state index in [0.29, 0.717) is 6.42 Å². The smallest absolute Gasteiger partial charge is 0.303 e. The number of aliphatic carboxylic acids is 1. The van der Waals surface area contributed by atoms with Crippen molar-refractivity contribution in [2.45, 2.75) is 25.8 Å². The van der Waals surface area contributed by atoms with Gasteiger partial charge in [-0.05, 0) is 31.5 Å². The van der Waals surface area contributed by atoms with Gasteiger partial charge < -0.3 is 10.0 Å². The molecule has 0 bridgehead atoms. The Labute approximate surface area is 128 Å². The third-order valence-electron chi connectivity index (χ3n) is 3.59. The first-order chi connectivity index (χ1) is 9.63. The van der Waals surface area contributed by atoms with E-state index < -0.39 is 5.97 Å². The van der Waals surface area contributed by atoms with E-state index in [1.54, 1.807) is 11.3 Å². The number of unbranched alkanes of at least 4 members (excludes halogenated alkanes) is 1. The fourth-order valence-corrected chi connectivity index (χ4v) is 3.57. The Balaban J connectivity index is 1.61. The molecule has 1 N–H and O–H groups in total. The number of thiophene rings is 1. The molecule has 1 fully saturated rings. The molecule has 1 saturated heterocycles. The minimum absolute atomic E-state index is 0.291. The normalized spacial score (nSPS) is 17.4. The molecule has 0 aromatic carbocycles. The van der Waals surface area contributed by atoms with Crippen molar-refractivity contribution in [3.05, 3.63) is 21.3 Å².